The number of amides is 2. The van der Waals surface area contributed by atoms with Gasteiger partial charge in [-0.25, -0.2) is 14.5 Å². The second-order valence-corrected chi connectivity index (χ2v) is 6.22. The molecule has 2 heterocycles. The molecule has 28 heavy (non-hydrogen) atoms. The van der Waals surface area contributed by atoms with Gasteiger partial charge in [0.05, 0.1) is 23.9 Å². The highest BCUT2D eigenvalue weighted by atomic mass is 19.4. The molecule has 3 rings (SSSR count). The van der Waals surface area contributed by atoms with Gasteiger partial charge >= 0.3 is 12.2 Å². The molecule has 0 radical (unpaired) electrons. The van der Waals surface area contributed by atoms with Gasteiger partial charge in [-0.3, -0.25) is 0 Å². The monoisotopic (exact) mass is 393 g/mol. The number of urea groups is 1. The Morgan fingerprint density at radius 2 is 2.29 bits per heavy atom. The normalized spacial score (nSPS) is 16.6. The van der Waals surface area contributed by atoms with Gasteiger partial charge in [0.2, 0.25) is 0 Å². The van der Waals surface area contributed by atoms with Crippen LogP contribution in [-0.4, -0.2) is 51.5 Å². The Morgan fingerprint density at radius 1 is 1.46 bits per heavy atom. The molecule has 7 nitrogen and oxygen atoms in total. The molecule has 148 valence electrons. The second kappa shape index (κ2) is 8.31. The molecular formula is C18H18F3N5O2. The predicted molar refractivity (Wildman–Crippen MR) is 94.8 cm³/mol. The van der Waals surface area contributed by atoms with Crippen molar-refractivity contribution < 1.29 is 22.7 Å². The van der Waals surface area contributed by atoms with Crippen LogP contribution in [0, 0.1) is 12.3 Å². The molecule has 1 atom stereocenters. The van der Waals surface area contributed by atoms with Crippen molar-refractivity contribution in [2.45, 2.75) is 25.1 Å². The minimum atomic E-state index is -4.64. The van der Waals surface area contributed by atoms with Gasteiger partial charge in [0.25, 0.3) is 0 Å². The van der Waals surface area contributed by atoms with Crippen molar-refractivity contribution in [2.24, 2.45) is 0 Å². The number of carbonyl (C=O) groups excluding carboxylic acids is 1. The van der Waals surface area contributed by atoms with E-state index in [9.17, 15) is 18.0 Å². The van der Waals surface area contributed by atoms with E-state index in [1.54, 1.807) is 0 Å². The summed E-state index contributed by atoms with van der Waals surface area (Å²) in [6, 6.07) is 2.85. The topological polar surface area (TPSA) is 72.3 Å². The SMILES string of the molecule is C#CCN(CC1CCCO1)C(=O)Nc1ccc(-n2cncn2)c(C(F)(F)F)c1. The number of anilines is 1. The molecule has 0 spiro atoms. The number of hydrogen-bond donors (Lipinski definition) is 1. The van der Waals surface area contributed by atoms with Crippen molar-refractivity contribution >= 4 is 11.7 Å². The minimum Gasteiger partial charge on any atom is -0.376 e. The van der Waals surface area contributed by atoms with Gasteiger partial charge in [-0.15, -0.1) is 6.42 Å². The summed E-state index contributed by atoms with van der Waals surface area (Å²) in [5.74, 6) is 2.38. The van der Waals surface area contributed by atoms with Crippen molar-refractivity contribution in [1.82, 2.24) is 19.7 Å². The van der Waals surface area contributed by atoms with Crippen molar-refractivity contribution in [3.63, 3.8) is 0 Å². The fraction of sp³-hybridized carbons (Fsp3) is 0.389. The number of benzene rings is 1. The van der Waals surface area contributed by atoms with Crippen molar-refractivity contribution in [1.29, 1.82) is 0 Å². The summed E-state index contributed by atoms with van der Waals surface area (Å²) in [5.41, 5.74) is -1.14. The lowest BCUT2D eigenvalue weighted by Gasteiger charge is -2.24. The van der Waals surface area contributed by atoms with Crippen LogP contribution >= 0.6 is 0 Å². The maximum atomic E-state index is 13.5. The van der Waals surface area contributed by atoms with Gasteiger partial charge in [0.1, 0.15) is 12.7 Å². The molecule has 1 aromatic heterocycles. The smallest absolute Gasteiger partial charge is 0.376 e. The van der Waals surface area contributed by atoms with Gasteiger partial charge in [0.15, 0.2) is 0 Å². The highest BCUT2D eigenvalue weighted by Crippen LogP contribution is 2.35. The molecule has 0 bridgehead atoms. The molecule has 0 aliphatic carbocycles. The van der Waals surface area contributed by atoms with E-state index in [1.807, 2.05) is 0 Å². The Bertz CT molecular complexity index is 855. The number of rotatable bonds is 5. The maximum absolute atomic E-state index is 13.5. The molecule has 1 unspecified atom stereocenters. The van der Waals surface area contributed by atoms with Crippen LogP contribution in [0.15, 0.2) is 30.9 Å². The lowest BCUT2D eigenvalue weighted by atomic mass is 10.1. The predicted octanol–water partition coefficient (Wildman–Crippen LogP) is 2.93. The van der Waals surface area contributed by atoms with E-state index in [0.717, 1.165) is 29.9 Å². The first kappa shape index (κ1) is 19.7. The third-order valence-corrected chi connectivity index (χ3v) is 4.24. The number of carbonyl (C=O) groups is 1. The second-order valence-electron chi connectivity index (χ2n) is 6.22. The van der Waals surface area contributed by atoms with Gasteiger partial charge in [0, 0.05) is 18.8 Å². The summed E-state index contributed by atoms with van der Waals surface area (Å²) in [6.07, 6.45) is 4.55. The van der Waals surface area contributed by atoms with E-state index in [-0.39, 0.29) is 30.6 Å². The number of halogens is 3. The fourth-order valence-electron chi connectivity index (χ4n) is 2.94. The van der Waals surface area contributed by atoms with Crippen LogP contribution in [0.2, 0.25) is 0 Å². The molecule has 0 saturated carbocycles. The zero-order chi connectivity index (χ0) is 20.1. The Balaban J connectivity index is 1.80. The summed E-state index contributed by atoms with van der Waals surface area (Å²) in [5, 5.41) is 6.21. The fourth-order valence-corrected chi connectivity index (χ4v) is 2.94. The van der Waals surface area contributed by atoms with Gasteiger partial charge in [-0.05, 0) is 31.0 Å². The molecule has 2 amide bonds. The quantitative estimate of drug-likeness (QED) is 0.793. The average molecular weight is 393 g/mol. The highest BCUT2D eigenvalue weighted by Gasteiger charge is 2.35. The third-order valence-electron chi connectivity index (χ3n) is 4.24. The lowest BCUT2D eigenvalue weighted by molar-refractivity contribution is -0.137. The standard InChI is InChI=1S/C18H18F3N5O2/c1-2-7-25(10-14-4-3-8-28-14)17(27)24-13-5-6-16(26-12-22-11-23-26)15(9-13)18(19,20)21/h1,5-6,9,11-12,14H,3-4,7-8,10H2,(H,24,27). The largest absolute Gasteiger partial charge is 0.418 e. The van der Waals surface area contributed by atoms with E-state index in [0.29, 0.717) is 6.61 Å². The van der Waals surface area contributed by atoms with Crippen molar-refractivity contribution in [3.05, 3.63) is 36.4 Å². The van der Waals surface area contributed by atoms with E-state index >= 15 is 0 Å². The molecular weight excluding hydrogens is 375 g/mol. The van der Waals surface area contributed by atoms with E-state index < -0.39 is 17.8 Å². The van der Waals surface area contributed by atoms with Crippen LogP contribution in [0.5, 0.6) is 0 Å². The third kappa shape index (κ3) is 4.61. The summed E-state index contributed by atoms with van der Waals surface area (Å²) in [6.45, 7) is 0.920. The van der Waals surface area contributed by atoms with Crippen LogP contribution in [0.1, 0.15) is 18.4 Å². The molecule has 1 aliphatic rings. The zero-order valence-corrected chi connectivity index (χ0v) is 14.8. The van der Waals surface area contributed by atoms with Crippen LogP contribution in [-0.2, 0) is 10.9 Å². The molecule has 1 N–H and O–H groups in total. The summed E-state index contributed by atoms with van der Waals surface area (Å²) < 4.78 is 46.9. The van der Waals surface area contributed by atoms with Crippen molar-refractivity contribution in [3.8, 4) is 18.0 Å². The van der Waals surface area contributed by atoms with E-state index in [4.69, 9.17) is 11.2 Å². The number of nitrogens with zero attached hydrogens (tertiary/aromatic N) is 4. The molecule has 1 fully saturated rings. The molecule has 1 aromatic carbocycles. The molecule has 10 heteroatoms. The summed E-state index contributed by atoms with van der Waals surface area (Å²) >= 11 is 0. The first-order valence-electron chi connectivity index (χ1n) is 8.55. The Hall–Kier alpha value is -3.06. The first-order chi connectivity index (χ1) is 13.4. The van der Waals surface area contributed by atoms with Gasteiger partial charge < -0.3 is 15.0 Å². The first-order valence-corrected chi connectivity index (χ1v) is 8.55. The maximum Gasteiger partial charge on any atom is 0.418 e. The number of ether oxygens (including phenoxy) is 1. The number of nitrogens with one attached hydrogen (secondary N) is 1. The Labute approximate surface area is 159 Å². The number of hydrogen-bond acceptors (Lipinski definition) is 4. The zero-order valence-electron chi connectivity index (χ0n) is 14.8. The molecule has 1 saturated heterocycles. The average Bonchev–Trinajstić information content (AvgIpc) is 3.34. The van der Waals surface area contributed by atoms with E-state index in [2.05, 4.69) is 21.3 Å². The number of aromatic nitrogens is 3. The minimum absolute atomic E-state index is 0.00412. The van der Waals surface area contributed by atoms with Gasteiger partial charge in [-0.2, -0.15) is 18.3 Å². The van der Waals surface area contributed by atoms with Crippen LogP contribution in [0.4, 0.5) is 23.7 Å². The number of alkyl halides is 3. The molecule has 1 aliphatic heterocycles. The highest BCUT2D eigenvalue weighted by molar-refractivity contribution is 5.89. The lowest BCUT2D eigenvalue weighted by Crippen LogP contribution is -2.40. The van der Waals surface area contributed by atoms with E-state index in [1.165, 1.54) is 23.4 Å². The van der Waals surface area contributed by atoms with Crippen LogP contribution < -0.4 is 5.32 Å². The van der Waals surface area contributed by atoms with Crippen molar-refractivity contribution in [2.75, 3.05) is 25.0 Å². The Kier molecular flexibility index (Phi) is 5.84. The summed E-state index contributed by atoms with van der Waals surface area (Å²) in [7, 11) is 0. The summed E-state index contributed by atoms with van der Waals surface area (Å²) in [4.78, 5) is 17.5. The van der Waals surface area contributed by atoms with Crippen LogP contribution in [0.25, 0.3) is 5.69 Å². The van der Waals surface area contributed by atoms with Gasteiger partial charge in [-0.1, -0.05) is 5.92 Å². The number of terminal acetylenes is 1. The van der Waals surface area contributed by atoms with Crippen LogP contribution in [0.3, 0.4) is 0 Å². The Morgan fingerprint density at radius 3 is 2.89 bits per heavy atom. The molecule has 2 aromatic rings.